The van der Waals surface area contributed by atoms with Crippen molar-refractivity contribution in [1.82, 2.24) is 20.1 Å². The number of halogens is 1. The fourth-order valence-electron chi connectivity index (χ4n) is 3.00. The number of aryl methyl sites for hydroxylation is 1. The second-order valence-electron chi connectivity index (χ2n) is 6.68. The first-order valence-corrected chi connectivity index (χ1v) is 10.0. The van der Waals surface area contributed by atoms with E-state index >= 15 is 0 Å². The van der Waals surface area contributed by atoms with Gasteiger partial charge in [0, 0.05) is 16.6 Å². The smallest absolute Gasteiger partial charge is 0.291 e. The van der Waals surface area contributed by atoms with Crippen molar-refractivity contribution in [3.05, 3.63) is 100 Å². The number of nitrogens with zero attached hydrogens (tertiary/aromatic N) is 3. The Bertz CT molecular complexity index is 1140. The average molecular weight is 447 g/mol. The lowest BCUT2D eigenvalue weighted by Gasteiger charge is -2.06. The van der Waals surface area contributed by atoms with Crippen LogP contribution in [0.15, 0.2) is 83.3 Å². The highest BCUT2D eigenvalue weighted by molar-refractivity contribution is 9.10. The van der Waals surface area contributed by atoms with E-state index in [2.05, 4.69) is 31.3 Å². The summed E-state index contributed by atoms with van der Waals surface area (Å²) in [4.78, 5) is 17.3. The molecule has 0 saturated heterocycles. The topological polar surface area (TPSA) is 59.8 Å². The van der Waals surface area contributed by atoms with Crippen molar-refractivity contribution in [2.75, 3.05) is 0 Å². The molecule has 0 spiro atoms. The van der Waals surface area contributed by atoms with E-state index in [1.165, 1.54) is 0 Å². The molecule has 4 aromatic rings. The van der Waals surface area contributed by atoms with E-state index in [1.807, 2.05) is 85.8 Å². The molecule has 1 aromatic heterocycles. The molecule has 3 aromatic carbocycles. The van der Waals surface area contributed by atoms with Crippen LogP contribution in [0.2, 0.25) is 0 Å². The highest BCUT2D eigenvalue weighted by Gasteiger charge is 2.18. The zero-order chi connectivity index (χ0) is 20.2. The number of aromatic nitrogens is 3. The molecule has 29 heavy (non-hydrogen) atoms. The Kier molecular flexibility index (Phi) is 5.53. The van der Waals surface area contributed by atoms with E-state index in [0.29, 0.717) is 12.4 Å². The molecule has 0 saturated carbocycles. The van der Waals surface area contributed by atoms with Crippen LogP contribution in [0.25, 0.3) is 17.1 Å². The Balaban J connectivity index is 1.69. The van der Waals surface area contributed by atoms with Gasteiger partial charge in [0.15, 0.2) is 5.82 Å². The molecule has 0 atom stereocenters. The van der Waals surface area contributed by atoms with Crippen LogP contribution < -0.4 is 5.32 Å². The highest BCUT2D eigenvalue weighted by Crippen LogP contribution is 2.23. The SMILES string of the molecule is Cc1cccc(-c2nc(C(=O)NCc3ccccc3)nn2-c2ccc(Br)cc2)c1. The van der Waals surface area contributed by atoms with E-state index in [1.54, 1.807) is 4.68 Å². The van der Waals surface area contributed by atoms with Crippen LogP contribution in [0.3, 0.4) is 0 Å². The molecule has 4 rings (SSSR count). The Hall–Kier alpha value is -3.25. The third-order valence-electron chi connectivity index (χ3n) is 4.45. The zero-order valence-corrected chi connectivity index (χ0v) is 17.4. The lowest BCUT2D eigenvalue weighted by atomic mass is 10.1. The predicted molar refractivity (Wildman–Crippen MR) is 117 cm³/mol. The summed E-state index contributed by atoms with van der Waals surface area (Å²) in [6.07, 6.45) is 0. The molecule has 0 bridgehead atoms. The van der Waals surface area contributed by atoms with E-state index in [-0.39, 0.29) is 11.7 Å². The molecule has 0 fully saturated rings. The maximum atomic E-state index is 12.7. The summed E-state index contributed by atoms with van der Waals surface area (Å²) < 4.78 is 2.68. The Labute approximate surface area is 177 Å². The number of hydrogen-bond donors (Lipinski definition) is 1. The van der Waals surface area contributed by atoms with E-state index in [4.69, 9.17) is 0 Å². The molecule has 1 N–H and O–H groups in total. The number of amides is 1. The van der Waals surface area contributed by atoms with Gasteiger partial charge in [0.05, 0.1) is 5.69 Å². The number of hydrogen-bond acceptors (Lipinski definition) is 3. The van der Waals surface area contributed by atoms with Crippen molar-refractivity contribution < 1.29 is 4.79 Å². The largest absolute Gasteiger partial charge is 0.345 e. The number of rotatable bonds is 5. The monoisotopic (exact) mass is 446 g/mol. The molecule has 0 unspecified atom stereocenters. The van der Waals surface area contributed by atoms with Crippen LogP contribution in [0.5, 0.6) is 0 Å². The molecule has 0 aliphatic carbocycles. The van der Waals surface area contributed by atoms with Gasteiger partial charge in [0.2, 0.25) is 5.82 Å². The van der Waals surface area contributed by atoms with Crippen molar-refractivity contribution in [3.8, 4) is 17.1 Å². The third kappa shape index (κ3) is 4.43. The number of nitrogens with one attached hydrogen (secondary N) is 1. The summed E-state index contributed by atoms with van der Waals surface area (Å²) in [5, 5.41) is 7.40. The van der Waals surface area contributed by atoms with Gasteiger partial charge in [-0.25, -0.2) is 9.67 Å². The Morgan fingerprint density at radius 1 is 1.00 bits per heavy atom. The van der Waals surface area contributed by atoms with Gasteiger partial charge in [0.25, 0.3) is 5.91 Å². The van der Waals surface area contributed by atoms with Crippen molar-refractivity contribution in [1.29, 1.82) is 0 Å². The molecule has 0 radical (unpaired) electrons. The lowest BCUT2D eigenvalue weighted by molar-refractivity contribution is 0.0940. The molecule has 1 amide bonds. The molecule has 5 nitrogen and oxygen atoms in total. The molecule has 1 heterocycles. The Morgan fingerprint density at radius 3 is 2.48 bits per heavy atom. The van der Waals surface area contributed by atoms with Crippen LogP contribution in [0.4, 0.5) is 0 Å². The summed E-state index contributed by atoms with van der Waals surface area (Å²) in [7, 11) is 0. The summed E-state index contributed by atoms with van der Waals surface area (Å²) in [5.41, 5.74) is 3.87. The van der Waals surface area contributed by atoms with E-state index < -0.39 is 0 Å². The Morgan fingerprint density at radius 2 is 1.76 bits per heavy atom. The van der Waals surface area contributed by atoms with E-state index in [9.17, 15) is 4.79 Å². The maximum absolute atomic E-state index is 12.7. The number of carbonyl (C=O) groups is 1. The minimum absolute atomic E-state index is 0.139. The second kappa shape index (κ2) is 8.41. The predicted octanol–water partition coefficient (Wildman–Crippen LogP) is 4.94. The van der Waals surface area contributed by atoms with Crippen LogP contribution in [-0.2, 0) is 6.54 Å². The normalized spacial score (nSPS) is 10.7. The van der Waals surface area contributed by atoms with Gasteiger partial charge in [-0.3, -0.25) is 4.79 Å². The quantitative estimate of drug-likeness (QED) is 0.472. The molecule has 6 heteroatoms. The highest BCUT2D eigenvalue weighted by atomic mass is 79.9. The molecular formula is C23H19BrN4O. The lowest BCUT2D eigenvalue weighted by Crippen LogP contribution is -2.24. The van der Waals surface area contributed by atoms with Crippen LogP contribution in [0, 0.1) is 6.92 Å². The van der Waals surface area contributed by atoms with Gasteiger partial charge in [-0.1, -0.05) is 70.0 Å². The van der Waals surface area contributed by atoms with Gasteiger partial charge >= 0.3 is 0 Å². The first-order valence-electron chi connectivity index (χ1n) is 9.22. The van der Waals surface area contributed by atoms with Gasteiger partial charge in [0.1, 0.15) is 0 Å². The van der Waals surface area contributed by atoms with Crippen molar-refractivity contribution in [2.45, 2.75) is 13.5 Å². The first-order chi connectivity index (χ1) is 14.1. The van der Waals surface area contributed by atoms with Crippen molar-refractivity contribution in [3.63, 3.8) is 0 Å². The minimum Gasteiger partial charge on any atom is -0.345 e. The summed E-state index contributed by atoms with van der Waals surface area (Å²) >= 11 is 3.45. The number of benzene rings is 3. The van der Waals surface area contributed by atoms with Gasteiger partial charge in [-0.15, -0.1) is 5.10 Å². The van der Waals surface area contributed by atoms with Gasteiger partial charge in [-0.2, -0.15) is 0 Å². The maximum Gasteiger partial charge on any atom is 0.291 e. The molecule has 144 valence electrons. The third-order valence-corrected chi connectivity index (χ3v) is 4.98. The van der Waals surface area contributed by atoms with Crippen molar-refractivity contribution >= 4 is 21.8 Å². The van der Waals surface area contributed by atoms with E-state index in [0.717, 1.165) is 26.9 Å². The van der Waals surface area contributed by atoms with Crippen molar-refractivity contribution in [2.24, 2.45) is 0 Å². The first kappa shape index (κ1) is 19.1. The van der Waals surface area contributed by atoms with Crippen LogP contribution >= 0.6 is 15.9 Å². The van der Waals surface area contributed by atoms with Crippen LogP contribution in [0.1, 0.15) is 21.7 Å². The number of carbonyl (C=O) groups excluding carboxylic acids is 1. The minimum atomic E-state index is -0.307. The van der Waals surface area contributed by atoms with Gasteiger partial charge < -0.3 is 5.32 Å². The summed E-state index contributed by atoms with van der Waals surface area (Å²) in [6, 6.07) is 25.5. The standard InChI is InChI=1S/C23H19BrN4O/c1-16-6-5-9-18(14-16)22-26-21(23(29)25-15-17-7-3-2-4-8-17)27-28(22)20-12-10-19(24)11-13-20/h2-14H,15H2,1H3,(H,25,29). The molecule has 0 aliphatic rings. The molecule has 0 aliphatic heterocycles. The summed E-state index contributed by atoms with van der Waals surface area (Å²) in [5.74, 6) is 0.458. The second-order valence-corrected chi connectivity index (χ2v) is 7.60. The molecular weight excluding hydrogens is 428 g/mol. The average Bonchev–Trinajstić information content (AvgIpc) is 3.19. The fraction of sp³-hybridized carbons (Fsp3) is 0.0870. The zero-order valence-electron chi connectivity index (χ0n) is 15.8. The van der Waals surface area contributed by atoms with Gasteiger partial charge in [-0.05, 0) is 42.8 Å². The fourth-order valence-corrected chi connectivity index (χ4v) is 3.26. The van der Waals surface area contributed by atoms with Crippen LogP contribution in [-0.4, -0.2) is 20.7 Å². The summed E-state index contributed by atoms with van der Waals surface area (Å²) in [6.45, 7) is 2.45.